The van der Waals surface area contributed by atoms with Crippen LogP contribution >= 0.6 is 0 Å². The molecule has 3 atom stereocenters. The summed E-state index contributed by atoms with van der Waals surface area (Å²) in [5.41, 5.74) is 0. The molecule has 0 bridgehead atoms. The normalized spacial score (nSPS) is 14.3. The van der Waals surface area contributed by atoms with Gasteiger partial charge in [-0.3, -0.25) is 9.35 Å². The van der Waals surface area contributed by atoms with Crippen LogP contribution in [0, 0.1) is 0 Å². The van der Waals surface area contributed by atoms with Gasteiger partial charge in [-0.15, -0.1) is 0 Å². The monoisotopic (exact) mass is 752 g/mol. The van der Waals surface area contributed by atoms with Gasteiger partial charge in [0.05, 0.1) is 17.9 Å². The summed E-state index contributed by atoms with van der Waals surface area (Å²) in [6, 6.07) is -1.26. The Morgan fingerprint density at radius 1 is 0.538 bits per heavy atom. The Labute approximate surface area is 321 Å². The van der Waals surface area contributed by atoms with Gasteiger partial charge in [-0.25, -0.2) is 0 Å². The van der Waals surface area contributed by atoms with E-state index in [4.69, 9.17) is 0 Å². The first kappa shape index (κ1) is 50.3. The molecule has 0 aliphatic rings. The molecular weight excluding hydrogens is 671 g/mol. The summed E-state index contributed by atoms with van der Waals surface area (Å²) in [4.78, 5) is 12.6. The summed E-state index contributed by atoms with van der Waals surface area (Å²) in [6.45, 7) is 4.48. The predicted octanol–water partition coefficient (Wildman–Crippen LogP) is 11.7. The van der Waals surface area contributed by atoms with E-state index in [2.05, 4.69) is 55.6 Å². The van der Waals surface area contributed by atoms with Gasteiger partial charge >= 0.3 is 0 Å². The molecule has 0 heterocycles. The molecule has 0 saturated heterocycles. The van der Waals surface area contributed by atoms with E-state index < -0.39 is 40.0 Å². The van der Waals surface area contributed by atoms with Crippen LogP contribution in [0.15, 0.2) is 48.6 Å². The van der Waals surface area contributed by atoms with Crippen molar-refractivity contribution in [3.8, 4) is 0 Å². The third-order valence-corrected chi connectivity index (χ3v) is 10.4. The van der Waals surface area contributed by atoms with E-state index in [1.54, 1.807) is 6.08 Å². The summed E-state index contributed by atoms with van der Waals surface area (Å²) in [5.74, 6) is -1.57. The largest absolute Gasteiger partial charge is 0.387 e. The SMILES string of the molecule is CCCCC/C=C\C=C/CCCCCCCC(O)C(=O)NC(CS(=O)(=O)O)C(O)/C=C/CC/C=C/CCCCCCCCCCCCCCCCC. The number of aliphatic hydroxyl groups excluding tert-OH is 2. The van der Waals surface area contributed by atoms with Crippen LogP contribution in [0.3, 0.4) is 0 Å². The third kappa shape index (κ3) is 36.6. The molecule has 7 nitrogen and oxygen atoms in total. The van der Waals surface area contributed by atoms with Gasteiger partial charge < -0.3 is 15.5 Å². The van der Waals surface area contributed by atoms with Crippen molar-refractivity contribution in [2.75, 3.05) is 5.75 Å². The van der Waals surface area contributed by atoms with Crippen molar-refractivity contribution in [3.63, 3.8) is 0 Å². The molecule has 0 aromatic carbocycles. The summed E-state index contributed by atoms with van der Waals surface area (Å²) in [6.07, 6.45) is 47.4. The number of amides is 1. The number of aliphatic hydroxyl groups is 2. The number of hydrogen-bond acceptors (Lipinski definition) is 5. The van der Waals surface area contributed by atoms with Gasteiger partial charge in [-0.05, 0) is 57.8 Å². The lowest BCUT2D eigenvalue weighted by molar-refractivity contribution is -0.130. The van der Waals surface area contributed by atoms with Crippen molar-refractivity contribution in [2.24, 2.45) is 0 Å². The van der Waals surface area contributed by atoms with Crippen LogP contribution in [0.25, 0.3) is 0 Å². The number of allylic oxidation sites excluding steroid dienone is 7. The highest BCUT2D eigenvalue weighted by atomic mass is 32.2. The van der Waals surface area contributed by atoms with Crippen LogP contribution in [0.5, 0.6) is 0 Å². The van der Waals surface area contributed by atoms with Crippen molar-refractivity contribution in [1.82, 2.24) is 5.32 Å². The van der Waals surface area contributed by atoms with Crippen molar-refractivity contribution in [3.05, 3.63) is 48.6 Å². The average Bonchev–Trinajstić information content (AvgIpc) is 3.11. The first-order valence-corrected chi connectivity index (χ1v) is 23.1. The van der Waals surface area contributed by atoms with Crippen molar-refractivity contribution < 1.29 is 28.0 Å². The zero-order valence-corrected chi connectivity index (χ0v) is 34.4. The van der Waals surface area contributed by atoms with E-state index >= 15 is 0 Å². The molecule has 0 saturated carbocycles. The molecule has 0 aliphatic heterocycles. The Bertz CT molecular complexity index is 1020. The van der Waals surface area contributed by atoms with Gasteiger partial charge in [-0.1, -0.05) is 191 Å². The Balaban J connectivity index is 4.07. The zero-order chi connectivity index (χ0) is 38.4. The molecule has 304 valence electrons. The van der Waals surface area contributed by atoms with Crippen molar-refractivity contribution >= 4 is 16.0 Å². The van der Waals surface area contributed by atoms with Crippen LogP contribution in [0.2, 0.25) is 0 Å². The fraction of sp³-hybridized carbons (Fsp3) is 0.795. The molecule has 0 aromatic rings. The number of carbonyl (C=O) groups excluding carboxylic acids is 1. The van der Waals surface area contributed by atoms with Gasteiger partial charge in [0.2, 0.25) is 5.91 Å². The molecular formula is C44H81NO6S. The second-order valence-corrected chi connectivity index (χ2v) is 16.3. The van der Waals surface area contributed by atoms with Gasteiger partial charge in [0.1, 0.15) is 6.10 Å². The van der Waals surface area contributed by atoms with E-state index in [-0.39, 0.29) is 6.42 Å². The predicted molar refractivity (Wildman–Crippen MR) is 222 cm³/mol. The number of hydrogen-bond donors (Lipinski definition) is 4. The summed E-state index contributed by atoms with van der Waals surface area (Å²) in [5, 5.41) is 23.4. The van der Waals surface area contributed by atoms with Crippen molar-refractivity contribution in [2.45, 2.75) is 218 Å². The molecule has 0 aliphatic carbocycles. The van der Waals surface area contributed by atoms with Crippen molar-refractivity contribution in [1.29, 1.82) is 0 Å². The Kier molecular flexibility index (Phi) is 36.3. The number of unbranched alkanes of at least 4 members (excludes halogenated alkanes) is 24. The zero-order valence-electron chi connectivity index (χ0n) is 33.5. The Morgan fingerprint density at radius 2 is 0.923 bits per heavy atom. The second-order valence-electron chi connectivity index (χ2n) is 14.8. The maximum atomic E-state index is 12.6. The van der Waals surface area contributed by atoms with Gasteiger partial charge in [0.25, 0.3) is 10.1 Å². The van der Waals surface area contributed by atoms with Crippen LogP contribution in [0.1, 0.15) is 200 Å². The van der Waals surface area contributed by atoms with Crippen LogP contribution in [-0.2, 0) is 14.9 Å². The van der Waals surface area contributed by atoms with Gasteiger partial charge in [0.15, 0.2) is 0 Å². The maximum absolute atomic E-state index is 12.6. The lowest BCUT2D eigenvalue weighted by Gasteiger charge is -2.22. The lowest BCUT2D eigenvalue weighted by Crippen LogP contribution is -2.50. The second kappa shape index (κ2) is 37.6. The number of nitrogens with one attached hydrogen (secondary N) is 1. The first-order chi connectivity index (χ1) is 25.2. The van der Waals surface area contributed by atoms with Crippen LogP contribution in [-0.4, -0.2) is 53.1 Å². The molecule has 4 N–H and O–H groups in total. The summed E-state index contributed by atoms with van der Waals surface area (Å²) < 4.78 is 32.5. The highest BCUT2D eigenvalue weighted by Crippen LogP contribution is 2.14. The maximum Gasteiger partial charge on any atom is 0.267 e. The van der Waals surface area contributed by atoms with E-state index in [1.807, 2.05) is 0 Å². The molecule has 1 amide bonds. The summed E-state index contributed by atoms with van der Waals surface area (Å²) in [7, 11) is -4.46. The highest BCUT2D eigenvalue weighted by Gasteiger charge is 2.27. The Morgan fingerprint density at radius 3 is 1.42 bits per heavy atom. The van der Waals surface area contributed by atoms with E-state index in [1.165, 1.54) is 122 Å². The first-order valence-electron chi connectivity index (χ1n) is 21.5. The average molecular weight is 752 g/mol. The van der Waals surface area contributed by atoms with Crippen LogP contribution < -0.4 is 5.32 Å². The topological polar surface area (TPSA) is 124 Å². The third-order valence-electron chi connectivity index (χ3n) is 9.61. The molecule has 0 rings (SSSR count). The lowest BCUT2D eigenvalue weighted by atomic mass is 10.0. The molecule has 3 unspecified atom stereocenters. The Hall–Kier alpha value is -1.74. The van der Waals surface area contributed by atoms with E-state index in [9.17, 15) is 28.0 Å². The molecule has 0 spiro atoms. The van der Waals surface area contributed by atoms with Crippen LogP contribution in [0.4, 0.5) is 0 Å². The minimum absolute atomic E-state index is 0.255. The highest BCUT2D eigenvalue weighted by molar-refractivity contribution is 7.85. The molecule has 52 heavy (non-hydrogen) atoms. The van der Waals surface area contributed by atoms with E-state index in [0.29, 0.717) is 12.8 Å². The fourth-order valence-corrected chi connectivity index (χ4v) is 7.02. The number of carbonyl (C=O) groups is 1. The number of rotatable bonds is 38. The standard InChI is InChI=1S/C44H81NO6S/c1-3-5-7-9-11-13-15-17-19-20-21-22-23-24-25-27-28-30-32-34-36-38-42(46)41(40-52(49,50)51)45-44(48)43(47)39-37-35-33-31-29-26-18-16-14-12-10-8-6-4-2/h12,14,16,18,28,30,36,38,41-43,46-47H,3-11,13,15,17,19-27,29,31-35,37,39-40H2,1-2H3,(H,45,48)(H,49,50,51)/b14-12-,18-16-,30-28+,38-36+. The molecule has 8 heteroatoms. The quantitative estimate of drug-likeness (QED) is 0.0215. The smallest absolute Gasteiger partial charge is 0.267 e. The minimum atomic E-state index is -4.46. The molecule has 0 aromatic heterocycles. The van der Waals surface area contributed by atoms with Gasteiger partial charge in [0, 0.05) is 0 Å². The minimum Gasteiger partial charge on any atom is -0.387 e. The molecule has 0 fully saturated rings. The fourth-order valence-electron chi connectivity index (χ4n) is 6.29. The van der Waals surface area contributed by atoms with E-state index in [0.717, 1.165) is 51.4 Å². The van der Waals surface area contributed by atoms with Gasteiger partial charge in [-0.2, -0.15) is 8.42 Å². The summed E-state index contributed by atoms with van der Waals surface area (Å²) >= 11 is 0. The molecule has 0 radical (unpaired) electrons.